The van der Waals surface area contributed by atoms with E-state index >= 15 is 0 Å². The number of ether oxygens (including phenoxy) is 2. The first-order valence-electron chi connectivity index (χ1n) is 8.15. The molecule has 0 radical (unpaired) electrons. The molecule has 0 unspecified atom stereocenters. The highest BCUT2D eigenvalue weighted by Gasteiger charge is 2.24. The summed E-state index contributed by atoms with van der Waals surface area (Å²) in [7, 11) is 0. The zero-order valence-electron chi connectivity index (χ0n) is 13.8. The Morgan fingerprint density at radius 2 is 2.12 bits per heavy atom. The maximum Gasteiger partial charge on any atom is 0.280 e. The third kappa shape index (κ3) is 2.85. The SMILES string of the molecule is O=C(/C=C/c1cc2c(cc1[N+](=O)[O-])OCO2)N1CCCc2ncccc21. The van der Waals surface area contributed by atoms with Crippen molar-refractivity contribution in [1.29, 1.82) is 0 Å². The van der Waals surface area contributed by atoms with E-state index in [9.17, 15) is 14.9 Å². The predicted octanol–water partition coefficient (Wildman–Crippen LogP) is 2.71. The summed E-state index contributed by atoms with van der Waals surface area (Å²) in [6.45, 7) is 0.612. The van der Waals surface area contributed by atoms with Gasteiger partial charge in [0.1, 0.15) is 0 Å². The number of hydrogen-bond donors (Lipinski definition) is 0. The van der Waals surface area contributed by atoms with Gasteiger partial charge in [0.05, 0.1) is 27.9 Å². The molecular formula is C18H15N3O5. The van der Waals surface area contributed by atoms with Crippen LogP contribution in [0.25, 0.3) is 6.08 Å². The minimum absolute atomic E-state index is 0.0240. The monoisotopic (exact) mass is 353 g/mol. The fraction of sp³-hybridized carbons (Fsp3) is 0.222. The average Bonchev–Trinajstić information content (AvgIpc) is 3.12. The second kappa shape index (κ2) is 6.47. The summed E-state index contributed by atoms with van der Waals surface area (Å²) in [5, 5.41) is 11.3. The van der Waals surface area contributed by atoms with Crippen LogP contribution in [-0.2, 0) is 11.2 Å². The van der Waals surface area contributed by atoms with Gasteiger partial charge in [-0.1, -0.05) is 0 Å². The third-order valence-corrected chi connectivity index (χ3v) is 4.34. The van der Waals surface area contributed by atoms with E-state index in [1.54, 1.807) is 17.2 Å². The maximum atomic E-state index is 12.6. The number of amides is 1. The molecule has 3 heterocycles. The molecule has 4 rings (SSSR count). The Balaban J connectivity index is 1.63. The van der Waals surface area contributed by atoms with Gasteiger partial charge in [-0.25, -0.2) is 0 Å². The molecule has 0 spiro atoms. The summed E-state index contributed by atoms with van der Waals surface area (Å²) < 4.78 is 10.4. The smallest absolute Gasteiger partial charge is 0.280 e. The molecule has 26 heavy (non-hydrogen) atoms. The second-order valence-electron chi connectivity index (χ2n) is 5.92. The van der Waals surface area contributed by atoms with E-state index in [-0.39, 0.29) is 24.0 Å². The lowest BCUT2D eigenvalue weighted by atomic mass is 10.1. The summed E-state index contributed by atoms with van der Waals surface area (Å²) in [6, 6.07) is 6.47. The van der Waals surface area contributed by atoms with Gasteiger partial charge < -0.3 is 14.4 Å². The topological polar surface area (TPSA) is 94.8 Å². The maximum absolute atomic E-state index is 12.6. The van der Waals surface area contributed by atoms with Crippen LogP contribution in [0.15, 0.2) is 36.5 Å². The molecule has 2 aliphatic rings. The quantitative estimate of drug-likeness (QED) is 0.478. The van der Waals surface area contributed by atoms with E-state index in [1.807, 2.05) is 6.07 Å². The lowest BCUT2D eigenvalue weighted by molar-refractivity contribution is -0.385. The lowest BCUT2D eigenvalue weighted by Crippen LogP contribution is -2.34. The molecule has 0 saturated heterocycles. The van der Waals surface area contributed by atoms with Crippen molar-refractivity contribution in [3.8, 4) is 11.5 Å². The molecule has 0 aliphatic carbocycles. The van der Waals surface area contributed by atoms with Crippen molar-refractivity contribution < 1.29 is 19.2 Å². The van der Waals surface area contributed by atoms with E-state index in [1.165, 1.54) is 24.3 Å². The highest BCUT2D eigenvalue weighted by atomic mass is 16.7. The number of carbonyl (C=O) groups excluding carboxylic acids is 1. The van der Waals surface area contributed by atoms with Crippen LogP contribution in [0.2, 0.25) is 0 Å². The molecule has 0 bridgehead atoms. The average molecular weight is 353 g/mol. The molecule has 0 atom stereocenters. The molecule has 0 fully saturated rings. The Hall–Kier alpha value is -3.42. The van der Waals surface area contributed by atoms with Crippen LogP contribution in [0.1, 0.15) is 17.7 Å². The summed E-state index contributed by atoms with van der Waals surface area (Å²) >= 11 is 0. The van der Waals surface area contributed by atoms with Gasteiger partial charge in [-0.15, -0.1) is 0 Å². The largest absolute Gasteiger partial charge is 0.454 e. The highest BCUT2D eigenvalue weighted by Crippen LogP contribution is 2.38. The van der Waals surface area contributed by atoms with Crippen LogP contribution in [0.4, 0.5) is 11.4 Å². The number of hydrogen-bond acceptors (Lipinski definition) is 6. The fourth-order valence-corrected chi connectivity index (χ4v) is 3.11. The number of aryl methyl sites for hydroxylation is 1. The molecule has 1 amide bonds. The number of nitrogens with zero attached hydrogens (tertiary/aromatic N) is 3. The van der Waals surface area contributed by atoms with E-state index in [0.717, 1.165) is 24.2 Å². The van der Waals surface area contributed by atoms with Crippen molar-refractivity contribution >= 4 is 23.4 Å². The minimum atomic E-state index is -0.508. The van der Waals surface area contributed by atoms with Crippen molar-refractivity contribution in [2.24, 2.45) is 0 Å². The van der Waals surface area contributed by atoms with Crippen molar-refractivity contribution in [2.75, 3.05) is 18.2 Å². The number of benzene rings is 1. The van der Waals surface area contributed by atoms with Crippen LogP contribution in [0, 0.1) is 10.1 Å². The van der Waals surface area contributed by atoms with E-state index in [0.29, 0.717) is 18.0 Å². The Morgan fingerprint density at radius 3 is 2.92 bits per heavy atom. The number of rotatable bonds is 3. The van der Waals surface area contributed by atoms with Crippen LogP contribution in [0.3, 0.4) is 0 Å². The standard InChI is InChI=1S/C18H15N3O5/c22-18(20-8-2-3-13-14(20)4-1-7-19-13)6-5-12-9-16-17(26-11-25-16)10-15(12)21(23)24/h1,4-7,9-10H,2-3,8,11H2/b6-5+. The number of nitro benzene ring substituents is 1. The number of pyridine rings is 1. The lowest BCUT2D eigenvalue weighted by Gasteiger charge is -2.27. The third-order valence-electron chi connectivity index (χ3n) is 4.34. The van der Waals surface area contributed by atoms with Gasteiger partial charge in [-0.05, 0) is 37.1 Å². The Labute approximate surface area is 148 Å². The number of nitro groups is 1. The van der Waals surface area contributed by atoms with Gasteiger partial charge in [0.2, 0.25) is 6.79 Å². The van der Waals surface area contributed by atoms with Crippen molar-refractivity contribution in [2.45, 2.75) is 12.8 Å². The normalized spacial score (nSPS) is 15.2. The van der Waals surface area contributed by atoms with Crippen LogP contribution in [0.5, 0.6) is 11.5 Å². The van der Waals surface area contributed by atoms with E-state index in [4.69, 9.17) is 9.47 Å². The molecule has 0 saturated carbocycles. The summed E-state index contributed by atoms with van der Waals surface area (Å²) in [5.41, 5.74) is 1.82. The molecule has 0 N–H and O–H groups in total. The number of anilines is 1. The van der Waals surface area contributed by atoms with Gasteiger partial charge in [-0.3, -0.25) is 19.9 Å². The van der Waals surface area contributed by atoms with Gasteiger partial charge in [-0.2, -0.15) is 0 Å². The first-order valence-corrected chi connectivity index (χ1v) is 8.15. The molecule has 1 aromatic carbocycles. The second-order valence-corrected chi connectivity index (χ2v) is 5.92. The molecule has 132 valence electrons. The zero-order valence-corrected chi connectivity index (χ0v) is 13.8. The van der Waals surface area contributed by atoms with Crippen LogP contribution in [-0.4, -0.2) is 29.2 Å². The number of aromatic nitrogens is 1. The Kier molecular flexibility index (Phi) is 4.00. The van der Waals surface area contributed by atoms with E-state index < -0.39 is 4.92 Å². The Morgan fingerprint density at radius 1 is 1.31 bits per heavy atom. The molecular weight excluding hydrogens is 338 g/mol. The van der Waals surface area contributed by atoms with Crippen molar-refractivity contribution in [1.82, 2.24) is 4.98 Å². The first kappa shape index (κ1) is 16.1. The zero-order chi connectivity index (χ0) is 18.1. The van der Waals surface area contributed by atoms with Gasteiger partial charge in [0.15, 0.2) is 11.5 Å². The van der Waals surface area contributed by atoms with E-state index in [2.05, 4.69) is 4.98 Å². The number of carbonyl (C=O) groups is 1. The van der Waals surface area contributed by atoms with Crippen molar-refractivity contribution in [3.63, 3.8) is 0 Å². The van der Waals surface area contributed by atoms with Crippen LogP contribution < -0.4 is 14.4 Å². The fourth-order valence-electron chi connectivity index (χ4n) is 3.11. The first-order chi connectivity index (χ1) is 12.6. The molecule has 1 aromatic heterocycles. The molecule has 2 aliphatic heterocycles. The number of fused-ring (bicyclic) bond motifs is 2. The summed E-state index contributed by atoms with van der Waals surface area (Å²) in [5.74, 6) is 0.511. The van der Waals surface area contributed by atoms with Gasteiger partial charge >= 0.3 is 0 Å². The summed E-state index contributed by atoms with van der Waals surface area (Å²) in [4.78, 5) is 29.4. The Bertz CT molecular complexity index is 925. The van der Waals surface area contributed by atoms with Crippen molar-refractivity contribution in [3.05, 3.63) is 57.9 Å². The predicted molar refractivity (Wildman–Crippen MR) is 93.2 cm³/mol. The molecule has 2 aromatic rings. The van der Waals surface area contributed by atoms with Crippen LogP contribution >= 0.6 is 0 Å². The highest BCUT2D eigenvalue weighted by molar-refractivity contribution is 6.04. The molecule has 8 heteroatoms. The molecule has 8 nitrogen and oxygen atoms in total. The van der Waals surface area contributed by atoms with Gasteiger partial charge in [0.25, 0.3) is 11.6 Å². The summed E-state index contributed by atoms with van der Waals surface area (Å²) in [6.07, 6.45) is 6.14. The minimum Gasteiger partial charge on any atom is -0.454 e. The van der Waals surface area contributed by atoms with Gasteiger partial charge in [0, 0.05) is 18.8 Å².